The van der Waals surface area contributed by atoms with Crippen molar-refractivity contribution in [1.29, 1.82) is 0 Å². The van der Waals surface area contributed by atoms with E-state index in [-0.39, 0.29) is 11.5 Å². The molecule has 1 aliphatic heterocycles. The van der Waals surface area contributed by atoms with Crippen LogP contribution in [0, 0.1) is 11.3 Å². The molecule has 1 N–H and O–H groups in total. The number of para-hydroxylation sites is 1. The molecule has 1 aliphatic rings. The maximum Gasteiger partial charge on any atom is 0.295 e. The number of ketones is 2. The molecule has 2 heterocycles. The van der Waals surface area contributed by atoms with Gasteiger partial charge in [0.15, 0.2) is 5.78 Å². The summed E-state index contributed by atoms with van der Waals surface area (Å²) in [5, 5.41) is 14.4. The average molecular weight is 418 g/mol. The summed E-state index contributed by atoms with van der Waals surface area (Å²) >= 11 is 0. The Kier molecular flexibility index (Phi) is 4.97. The topological polar surface area (TPSA) is 101 Å². The summed E-state index contributed by atoms with van der Waals surface area (Å²) in [6.45, 7) is 5.14. The number of phenolic OH excluding ortho intramolecular Hbond substituents is 1. The fraction of sp³-hybridized carbons (Fsp3) is 0.250. The largest absolute Gasteiger partial charge is 0.508 e. The predicted molar refractivity (Wildman–Crippen MR) is 113 cm³/mol. The molecule has 1 amide bonds. The molecule has 2 aromatic carbocycles. The van der Waals surface area contributed by atoms with Gasteiger partial charge in [-0.25, -0.2) is 0 Å². The third kappa shape index (κ3) is 3.52. The molecule has 1 aromatic heterocycles. The van der Waals surface area contributed by atoms with Gasteiger partial charge < -0.3 is 9.63 Å². The number of Topliss-reactive ketones (excluding diaryl/α,β-unsaturated/α-hetero) is 2. The van der Waals surface area contributed by atoms with Crippen LogP contribution in [0.15, 0.2) is 65.4 Å². The summed E-state index contributed by atoms with van der Waals surface area (Å²) in [4.78, 5) is 40.6. The van der Waals surface area contributed by atoms with Gasteiger partial charge in [-0.2, -0.15) is 0 Å². The zero-order chi connectivity index (χ0) is 22.3. The van der Waals surface area contributed by atoms with Gasteiger partial charge >= 0.3 is 0 Å². The highest BCUT2D eigenvalue weighted by Crippen LogP contribution is 2.45. The first kappa shape index (κ1) is 20.5. The average Bonchev–Trinajstić information content (AvgIpc) is 3.35. The molecule has 1 saturated heterocycles. The van der Waals surface area contributed by atoms with Crippen LogP contribution in [0.5, 0.6) is 5.75 Å². The summed E-state index contributed by atoms with van der Waals surface area (Å²) in [5.74, 6) is -3.18. The number of nitrogens with zero attached hydrogens (tertiary/aromatic N) is 2. The zero-order valence-corrected chi connectivity index (χ0v) is 17.4. The van der Waals surface area contributed by atoms with E-state index in [1.165, 1.54) is 17.2 Å². The van der Waals surface area contributed by atoms with Gasteiger partial charge in [0.2, 0.25) is 5.78 Å². The number of aromatic nitrogens is 1. The van der Waals surface area contributed by atoms with E-state index in [4.69, 9.17) is 4.52 Å². The molecule has 0 radical (unpaired) electrons. The van der Waals surface area contributed by atoms with Gasteiger partial charge in [0.05, 0.1) is 6.04 Å². The van der Waals surface area contributed by atoms with Crippen molar-refractivity contribution in [2.24, 2.45) is 11.3 Å². The molecule has 0 spiro atoms. The fourth-order valence-corrected chi connectivity index (χ4v) is 3.89. The number of hydrogen-bond donors (Lipinski definition) is 1. The lowest BCUT2D eigenvalue weighted by Gasteiger charge is -2.30. The smallest absolute Gasteiger partial charge is 0.295 e. The Labute approximate surface area is 179 Å². The zero-order valence-electron chi connectivity index (χ0n) is 17.4. The molecule has 0 saturated carbocycles. The number of aromatic hydroxyl groups is 1. The molecule has 0 bridgehead atoms. The van der Waals surface area contributed by atoms with Crippen molar-refractivity contribution in [2.45, 2.75) is 26.8 Å². The Bertz CT molecular complexity index is 1140. The molecule has 1 fully saturated rings. The van der Waals surface area contributed by atoms with Gasteiger partial charge in [-0.15, -0.1) is 0 Å². The second-order valence-corrected chi connectivity index (χ2v) is 8.57. The minimum absolute atomic E-state index is 0.0778. The molecule has 7 nitrogen and oxygen atoms in total. The van der Waals surface area contributed by atoms with Crippen LogP contribution in [0.1, 0.15) is 32.4 Å². The van der Waals surface area contributed by atoms with Crippen LogP contribution in [-0.4, -0.2) is 27.7 Å². The van der Waals surface area contributed by atoms with E-state index in [0.29, 0.717) is 16.9 Å². The second kappa shape index (κ2) is 7.50. The van der Waals surface area contributed by atoms with E-state index in [1.807, 2.05) is 0 Å². The van der Waals surface area contributed by atoms with Gasteiger partial charge in [0.25, 0.3) is 5.91 Å². The monoisotopic (exact) mass is 418 g/mol. The van der Waals surface area contributed by atoms with Crippen LogP contribution in [0.4, 0.5) is 5.69 Å². The minimum Gasteiger partial charge on any atom is -0.508 e. The summed E-state index contributed by atoms with van der Waals surface area (Å²) in [6, 6.07) is 14.1. The lowest BCUT2D eigenvalue weighted by atomic mass is 9.77. The molecule has 0 aliphatic carbocycles. The number of carbonyl (C=O) groups excluding carboxylic acids is 3. The van der Waals surface area contributed by atoms with Crippen LogP contribution in [-0.2, 0) is 14.4 Å². The van der Waals surface area contributed by atoms with E-state index >= 15 is 0 Å². The number of phenols is 1. The standard InChI is InChI=1S/C24H22N2O5/c1-24(2,3)22(29)19-20(16-6-4-5-7-18(16)27)26(23(30)21(19)28)15-10-8-14(9-11-15)17-12-13-31-25-17/h4-13,19-20,27H,1-3H3. The van der Waals surface area contributed by atoms with Gasteiger partial charge in [-0.1, -0.05) is 56.3 Å². The normalized spacial score (nSPS) is 19.1. The number of hydrogen-bond acceptors (Lipinski definition) is 6. The van der Waals surface area contributed by atoms with Crippen molar-refractivity contribution in [3.63, 3.8) is 0 Å². The van der Waals surface area contributed by atoms with Crippen LogP contribution in [0.2, 0.25) is 0 Å². The second-order valence-electron chi connectivity index (χ2n) is 8.57. The molecular weight excluding hydrogens is 396 g/mol. The molecular formula is C24H22N2O5. The predicted octanol–water partition coefficient (Wildman–Crippen LogP) is 3.94. The molecule has 7 heteroatoms. The van der Waals surface area contributed by atoms with E-state index in [2.05, 4.69) is 5.16 Å². The molecule has 4 rings (SSSR count). The first-order valence-electron chi connectivity index (χ1n) is 9.90. The summed E-state index contributed by atoms with van der Waals surface area (Å²) in [5.41, 5.74) is 1.37. The minimum atomic E-state index is -1.21. The third-order valence-electron chi connectivity index (χ3n) is 5.46. The number of benzene rings is 2. The molecule has 158 valence electrons. The Morgan fingerprint density at radius 2 is 1.71 bits per heavy atom. The first-order valence-corrected chi connectivity index (χ1v) is 9.90. The molecule has 2 atom stereocenters. The van der Waals surface area contributed by atoms with Crippen LogP contribution < -0.4 is 4.90 Å². The van der Waals surface area contributed by atoms with Crippen molar-refractivity contribution in [3.05, 3.63) is 66.4 Å². The highest BCUT2D eigenvalue weighted by atomic mass is 16.5. The summed E-state index contributed by atoms with van der Waals surface area (Å²) in [7, 11) is 0. The van der Waals surface area contributed by atoms with Crippen molar-refractivity contribution in [3.8, 4) is 17.0 Å². The molecule has 3 aromatic rings. The third-order valence-corrected chi connectivity index (χ3v) is 5.46. The van der Waals surface area contributed by atoms with Crippen molar-refractivity contribution >= 4 is 23.2 Å². The van der Waals surface area contributed by atoms with Gasteiger partial charge in [0, 0.05) is 28.3 Å². The highest BCUT2D eigenvalue weighted by molar-refractivity contribution is 6.48. The number of anilines is 1. The van der Waals surface area contributed by atoms with Crippen molar-refractivity contribution in [1.82, 2.24) is 5.16 Å². The Hall–Kier alpha value is -3.74. The Morgan fingerprint density at radius 3 is 2.29 bits per heavy atom. The number of amides is 1. The van der Waals surface area contributed by atoms with Crippen LogP contribution >= 0.6 is 0 Å². The van der Waals surface area contributed by atoms with Gasteiger partial charge in [0.1, 0.15) is 23.6 Å². The number of rotatable bonds is 4. The first-order chi connectivity index (χ1) is 14.7. The lowest BCUT2D eigenvalue weighted by Crippen LogP contribution is -2.35. The Balaban J connectivity index is 1.83. The maximum absolute atomic E-state index is 13.2. The maximum atomic E-state index is 13.2. The Morgan fingerprint density at radius 1 is 1.03 bits per heavy atom. The molecule has 31 heavy (non-hydrogen) atoms. The highest BCUT2D eigenvalue weighted by Gasteiger charge is 2.54. The van der Waals surface area contributed by atoms with Crippen LogP contribution in [0.25, 0.3) is 11.3 Å². The van der Waals surface area contributed by atoms with Gasteiger partial charge in [-0.3, -0.25) is 19.3 Å². The molecule has 2 unspecified atom stereocenters. The van der Waals surface area contributed by atoms with E-state index < -0.39 is 29.1 Å². The summed E-state index contributed by atoms with van der Waals surface area (Å²) < 4.78 is 4.87. The quantitative estimate of drug-likeness (QED) is 0.509. The van der Waals surface area contributed by atoms with Crippen molar-refractivity contribution < 1.29 is 24.0 Å². The van der Waals surface area contributed by atoms with Gasteiger partial charge in [-0.05, 0) is 18.2 Å². The SMILES string of the molecule is CC(C)(C)C(=O)C1C(=O)C(=O)N(c2ccc(-c3ccon3)cc2)C1c1ccccc1O. The fourth-order valence-electron chi connectivity index (χ4n) is 3.89. The van der Waals surface area contributed by atoms with E-state index in [1.54, 1.807) is 69.3 Å². The van der Waals surface area contributed by atoms with Crippen LogP contribution in [0.3, 0.4) is 0 Å². The summed E-state index contributed by atoms with van der Waals surface area (Å²) in [6.07, 6.45) is 1.46. The van der Waals surface area contributed by atoms with E-state index in [0.717, 1.165) is 5.56 Å². The van der Waals surface area contributed by atoms with E-state index in [9.17, 15) is 19.5 Å². The lowest BCUT2D eigenvalue weighted by molar-refractivity contribution is -0.141. The van der Waals surface area contributed by atoms with Crippen molar-refractivity contribution in [2.75, 3.05) is 4.90 Å². The number of carbonyl (C=O) groups is 3.